The van der Waals surface area contributed by atoms with Gasteiger partial charge in [-0.25, -0.2) is 4.98 Å². The lowest BCUT2D eigenvalue weighted by Crippen LogP contribution is -2.31. The molecule has 166 valence electrons. The fraction of sp³-hybridized carbons (Fsp3) is 0.261. The topological polar surface area (TPSA) is 84.7 Å². The van der Waals surface area contributed by atoms with Gasteiger partial charge in [0, 0.05) is 35.9 Å². The lowest BCUT2D eigenvalue weighted by atomic mass is 9.99. The summed E-state index contributed by atoms with van der Waals surface area (Å²) in [7, 11) is 0. The number of halogens is 1. The third-order valence-corrected chi connectivity index (χ3v) is 6.45. The van der Waals surface area contributed by atoms with Gasteiger partial charge in [-0.05, 0) is 43.0 Å². The van der Waals surface area contributed by atoms with E-state index in [1.54, 1.807) is 30.7 Å². The third-order valence-electron chi connectivity index (χ3n) is 5.23. The number of hydrogen-bond donors (Lipinski definition) is 1. The van der Waals surface area contributed by atoms with E-state index in [0.717, 1.165) is 4.88 Å². The maximum absolute atomic E-state index is 13.0. The Kier molecular flexibility index (Phi) is 6.62. The quantitative estimate of drug-likeness (QED) is 0.297. The number of ether oxygens (including phenoxy) is 1. The smallest absolute Gasteiger partial charge is 0.295 e. The molecule has 9 heteroatoms. The van der Waals surface area contributed by atoms with E-state index in [1.165, 1.54) is 16.2 Å². The molecule has 0 aliphatic carbocycles. The number of Topliss-reactive ketones (excluding diaryl/α,β-unsaturated/α-hetero) is 1. The van der Waals surface area contributed by atoms with Crippen molar-refractivity contribution in [2.24, 2.45) is 0 Å². The molecular weight excluding hydrogens is 450 g/mol. The Morgan fingerprint density at radius 3 is 2.78 bits per heavy atom. The Labute approximate surface area is 194 Å². The van der Waals surface area contributed by atoms with Crippen LogP contribution in [0.3, 0.4) is 0 Å². The van der Waals surface area contributed by atoms with Crippen LogP contribution in [0.25, 0.3) is 5.76 Å². The van der Waals surface area contributed by atoms with E-state index in [1.807, 2.05) is 35.2 Å². The standard InChI is InChI=1S/C23H22ClN3O4S/c1-2-31-17-7-6-15(13-16(17)24)21(28)19-20(18-5-3-12-32-18)27(23(30)22(19)29)10-4-9-26-11-8-25-14-26/h3,5-8,11-14,20,28H,2,4,9-10H2,1H3/t20-/m0/s1. The first-order chi connectivity index (χ1) is 15.5. The number of aliphatic hydroxyl groups is 1. The van der Waals surface area contributed by atoms with Gasteiger partial charge < -0.3 is 19.3 Å². The number of benzene rings is 1. The fourth-order valence-electron chi connectivity index (χ4n) is 3.77. The predicted molar refractivity (Wildman–Crippen MR) is 123 cm³/mol. The van der Waals surface area contributed by atoms with Crippen molar-refractivity contribution in [3.8, 4) is 5.75 Å². The number of aryl methyl sites for hydroxylation is 1. The van der Waals surface area contributed by atoms with Crippen molar-refractivity contribution in [1.82, 2.24) is 14.5 Å². The summed E-state index contributed by atoms with van der Waals surface area (Å²) in [4.78, 5) is 32.3. The van der Waals surface area contributed by atoms with Crippen LogP contribution in [-0.4, -0.2) is 44.4 Å². The van der Waals surface area contributed by atoms with Gasteiger partial charge in [0.1, 0.15) is 11.5 Å². The van der Waals surface area contributed by atoms with Gasteiger partial charge in [-0.15, -0.1) is 11.3 Å². The molecule has 0 bridgehead atoms. The predicted octanol–water partition coefficient (Wildman–Crippen LogP) is 4.51. The van der Waals surface area contributed by atoms with Gasteiger partial charge in [0.05, 0.1) is 29.6 Å². The van der Waals surface area contributed by atoms with Crippen molar-refractivity contribution in [3.63, 3.8) is 0 Å². The molecule has 1 fully saturated rings. The van der Waals surface area contributed by atoms with Gasteiger partial charge in [-0.3, -0.25) is 9.59 Å². The van der Waals surface area contributed by atoms with Crippen molar-refractivity contribution in [3.05, 3.63) is 75.5 Å². The van der Waals surface area contributed by atoms with E-state index in [-0.39, 0.29) is 11.3 Å². The van der Waals surface area contributed by atoms with Crippen LogP contribution in [0.2, 0.25) is 5.02 Å². The van der Waals surface area contributed by atoms with Crippen LogP contribution in [0, 0.1) is 0 Å². The van der Waals surface area contributed by atoms with Crippen molar-refractivity contribution < 1.29 is 19.4 Å². The molecule has 0 saturated carbocycles. The minimum atomic E-state index is -0.700. The van der Waals surface area contributed by atoms with Crippen LogP contribution >= 0.6 is 22.9 Å². The first kappa shape index (κ1) is 22.1. The van der Waals surface area contributed by atoms with Crippen LogP contribution in [0.15, 0.2) is 60.0 Å². The van der Waals surface area contributed by atoms with E-state index in [4.69, 9.17) is 16.3 Å². The summed E-state index contributed by atoms with van der Waals surface area (Å²) in [5, 5.41) is 13.3. The Morgan fingerprint density at radius 2 is 2.12 bits per heavy atom. The highest BCUT2D eigenvalue weighted by atomic mass is 35.5. The fourth-order valence-corrected chi connectivity index (χ4v) is 4.85. The molecule has 2 aromatic heterocycles. The molecule has 0 spiro atoms. The second-order valence-corrected chi connectivity index (χ2v) is 8.63. The number of nitrogens with zero attached hydrogens (tertiary/aromatic N) is 3. The van der Waals surface area contributed by atoms with Crippen molar-refractivity contribution >= 4 is 40.4 Å². The number of carbonyl (C=O) groups excluding carboxylic acids is 2. The van der Waals surface area contributed by atoms with Gasteiger partial charge >= 0.3 is 0 Å². The lowest BCUT2D eigenvalue weighted by molar-refractivity contribution is -0.139. The number of carbonyl (C=O) groups is 2. The molecule has 7 nitrogen and oxygen atoms in total. The average molecular weight is 472 g/mol. The molecule has 1 N–H and O–H groups in total. The summed E-state index contributed by atoms with van der Waals surface area (Å²) in [6.45, 7) is 3.33. The van der Waals surface area contributed by atoms with Gasteiger partial charge in [-0.2, -0.15) is 0 Å². The van der Waals surface area contributed by atoms with Gasteiger partial charge in [0.2, 0.25) is 0 Å². The Balaban J connectivity index is 1.68. The summed E-state index contributed by atoms with van der Waals surface area (Å²) < 4.78 is 7.36. The summed E-state index contributed by atoms with van der Waals surface area (Å²) in [5.74, 6) is -1.08. The molecule has 1 aliphatic rings. The molecule has 0 unspecified atom stereocenters. The minimum Gasteiger partial charge on any atom is -0.507 e. The zero-order chi connectivity index (χ0) is 22.7. The van der Waals surface area contributed by atoms with Crippen molar-refractivity contribution in [1.29, 1.82) is 0 Å². The van der Waals surface area contributed by atoms with E-state index in [2.05, 4.69) is 4.98 Å². The van der Waals surface area contributed by atoms with E-state index in [0.29, 0.717) is 42.5 Å². The molecular formula is C23H22ClN3O4S. The van der Waals surface area contributed by atoms with E-state index in [9.17, 15) is 14.7 Å². The number of imidazole rings is 1. The molecule has 3 heterocycles. The molecule has 1 saturated heterocycles. The first-order valence-corrected chi connectivity index (χ1v) is 11.5. The number of ketones is 1. The minimum absolute atomic E-state index is 0.0697. The summed E-state index contributed by atoms with van der Waals surface area (Å²) >= 11 is 7.71. The average Bonchev–Trinajstić information content (AvgIpc) is 3.53. The van der Waals surface area contributed by atoms with Crippen LogP contribution in [0.5, 0.6) is 5.75 Å². The van der Waals surface area contributed by atoms with Crippen molar-refractivity contribution in [2.45, 2.75) is 25.9 Å². The third kappa shape index (κ3) is 4.28. The summed E-state index contributed by atoms with van der Waals surface area (Å²) in [5.41, 5.74) is 0.428. The van der Waals surface area contributed by atoms with Gasteiger partial charge in [-0.1, -0.05) is 17.7 Å². The molecule has 1 aliphatic heterocycles. The Morgan fingerprint density at radius 1 is 1.28 bits per heavy atom. The molecule has 32 heavy (non-hydrogen) atoms. The number of thiophene rings is 1. The monoisotopic (exact) mass is 471 g/mol. The molecule has 1 amide bonds. The number of amides is 1. The van der Waals surface area contributed by atoms with Gasteiger partial charge in [0.15, 0.2) is 0 Å². The van der Waals surface area contributed by atoms with Crippen LogP contribution < -0.4 is 4.74 Å². The maximum atomic E-state index is 13.0. The number of likely N-dealkylation sites (tertiary alicyclic amines) is 1. The zero-order valence-electron chi connectivity index (χ0n) is 17.4. The van der Waals surface area contributed by atoms with E-state index < -0.39 is 17.7 Å². The highest BCUT2D eigenvalue weighted by Crippen LogP contribution is 2.41. The number of rotatable bonds is 8. The second-order valence-electron chi connectivity index (χ2n) is 7.24. The molecule has 0 radical (unpaired) electrons. The largest absolute Gasteiger partial charge is 0.507 e. The summed E-state index contributed by atoms with van der Waals surface area (Å²) in [6.07, 6.45) is 5.89. The maximum Gasteiger partial charge on any atom is 0.295 e. The zero-order valence-corrected chi connectivity index (χ0v) is 19.0. The highest BCUT2D eigenvalue weighted by molar-refractivity contribution is 7.10. The van der Waals surface area contributed by atoms with Crippen LogP contribution in [-0.2, 0) is 16.1 Å². The molecule has 4 rings (SSSR count). The Bertz CT molecular complexity index is 1140. The number of hydrogen-bond acceptors (Lipinski definition) is 6. The van der Waals surface area contributed by atoms with Crippen LogP contribution in [0.4, 0.5) is 0 Å². The second kappa shape index (κ2) is 9.58. The molecule has 3 aromatic rings. The molecule has 1 atom stereocenters. The normalized spacial score (nSPS) is 17.8. The number of aliphatic hydroxyl groups excluding tert-OH is 1. The highest BCUT2D eigenvalue weighted by Gasteiger charge is 2.46. The first-order valence-electron chi connectivity index (χ1n) is 10.2. The van der Waals surface area contributed by atoms with E-state index >= 15 is 0 Å². The Hall–Kier alpha value is -3.10. The van der Waals surface area contributed by atoms with Crippen LogP contribution in [0.1, 0.15) is 29.8 Å². The summed E-state index contributed by atoms with van der Waals surface area (Å²) in [6, 6.07) is 7.89. The lowest BCUT2D eigenvalue weighted by Gasteiger charge is -2.24. The number of aromatic nitrogens is 2. The van der Waals surface area contributed by atoms with Gasteiger partial charge in [0.25, 0.3) is 11.7 Å². The van der Waals surface area contributed by atoms with Crippen molar-refractivity contribution in [2.75, 3.05) is 13.2 Å². The molecule has 1 aromatic carbocycles. The SMILES string of the molecule is CCOc1ccc(C(O)=C2C(=O)C(=O)N(CCCn3ccnc3)[C@H]2c2cccs2)cc1Cl.